The highest BCUT2D eigenvalue weighted by atomic mass is 32.2. The molecule has 0 aliphatic heterocycles. The van der Waals surface area contributed by atoms with Crippen molar-refractivity contribution in [2.45, 2.75) is 55.3 Å². The molecule has 2 aromatic carbocycles. The topological polar surface area (TPSA) is 116 Å². The van der Waals surface area contributed by atoms with Gasteiger partial charge in [0, 0.05) is 6.54 Å². The molecule has 186 valence electrons. The molecule has 2 aromatic rings. The molecule has 1 amide bonds. The Bertz CT molecular complexity index is 1200. The van der Waals surface area contributed by atoms with Crippen molar-refractivity contribution in [2.24, 2.45) is 22.4 Å². The Morgan fingerprint density at radius 2 is 1.63 bits per heavy atom. The summed E-state index contributed by atoms with van der Waals surface area (Å²) in [5, 5.41) is 7.89. The molecular formula is C27H32N2O5S. The average Bonchev–Trinajstić information content (AvgIpc) is 2.82. The predicted octanol–water partition coefficient (Wildman–Crippen LogP) is 3.07. The lowest BCUT2D eigenvalue weighted by Gasteiger charge is -2.61. The van der Waals surface area contributed by atoms with E-state index in [9.17, 15) is 18.0 Å². The first-order valence-corrected chi connectivity index (χ1v) is 13.8. The quantitative estimate of drug-likeness (QED) is 0.545. The summed E-state index contributed by atoms with van der Waals surface area (Å²) < 4.78 is 28.3. The SMILES string of the molecule is NS(=O)(=O)c1ccc(CCNC(=O)COC(=O)C23C[C@H]4C[C@@H](C2)CC(c2ccccc2)(C4)C3)cc1. The van der Waals surface area contributed by atoms with Crippen LogP contribution in [0.25, 0.3) is 0 Å². The molecule has 0 heterocycles. The predicted molar refractivity (Wildman–Crippen MR) is 131 cm³/mol. The molecule has 4 bridgehead atoms. The van der Waals surface area contributed by atoms with E-state index in [1.807, 2.05) is 6.07 Å². The molecule has 6 rings (SSSR count). The second kappa shape index (κ2) is 9.06. The molecule has 2 unspecified atom stereocenters. The molecule has 3 N–H and O–H groups in total. The Hall–Kier alpha value is -2.71. The van der Waals surface area contributed by atoms with Gasteiger partial charge in [-0.05, 0) is 85.5 Å². The summed E-state index contributed by atoms with van der Waals surface area (Å²) in [7, 11) is -3.72. The van der Waals surface area contributed by atoms with Gasteiger partial charge in [0.1, 0.15) is 0 Å². The van der Waals surface area contributed by atoms with Gasteiger partial charge in [0.05, 0.1) is 10.3 Å². The van der Waals surface area contributed by atoms with Crippen LogP contribution in [0.4, 0.5) is 0 Å². The van der Waals surface area contributed by atoms with Crippen LogP contribution >= 0.6 is 0 Å². The number of carbonyl (C=O) groups is 2. The van der Waals surface area contributed by atoms with Gasteiger partial charge in [-0.1, -0.05) is 42.5 Å². The molecule has 4 aliphatic rings. The lowest BCUT2D eigenvalue weighted by atomic mass is 9.43. The Morgan fingerprint density at radius 3 is 2.26 bits per heavy atom. The zero-order valence-corrected chi connectivity index (χ0v) is 20.6. The maximum Gasteiger partial charge on any atom is 0.312 e. The van der Waals surface area contributed by atoms with Crippen molar-refractivity contribution in [1.29, 1.82) is 0 Å². The first-order chi connectivity index (χ1) is 16.7. The maximum atomic E-state index is 13.3. The molecule has 4 fully saturated rings. The lowest BCUT2D eigenvalue weighted by Crippen LogP contribution is -2.57. The molecule has 0 aromatic heterocycles. The fraction of sp³-hybridized carbons (Fsp3) is 0.481. The molecule has 8 heteroatoms. The number of hydrogen-bond acceptors (Lipinski definition) is 5. The van der Waals surface area contributed by atoms with Gasteiger partial charge in [-0.2, -0.15) is 0 Å². The van der Waals surface area contributed by atoms with Gasteiger partial charge in [-0.25, -0.2) is 13.6 Å². The number of nitrogens with one attached hydrogen (secondary N) is 1. The number of hydrogen-bond donors (Lipinski definition) is 2. The normalized spacial score (nSPS) is 29.1. The zero-order valence-electron chi connectivity index (χ0n) is 19.7. The molecule has 0 saturated heterocycles. The highest BCUT2D eigenvalue weighted by molar-refractivity contribution is 7.89. The molecule has 7 nitrogen and oxygen atoms in total. The van der Waals surface area contributed by atoms with Crippen LogP contribution in [0.2, 0.25) is 0 Å². The molecule has 0 spiro atoms. The van der Waals surface area contributed by atoms with Crippen molar-refractivity contribution in [3.05, 3.63) is 65.7 Å². The summed E-state index contributed by atoms with van der Waals surface area (Å²) in [6.45, 7) is 0.0795. The standard InChI is InChI=1S/C27H32N2O5S/c28-35(32,33)23-8-6-19(7-9-23)10-11-29-24(30)17-34-25(31)27-15-20-12-21(16-27)14-26(13-20,18-27)22-4-2-1-3-5-22/h1-9,20-21H,10-18H2,(H,29,30)(H2,28,32,33)/t20-,21+,26?,27?. The van der Waals surface area contributed by atoms with Gasteiger partial charge in [0.15, 0.2) is 6.61 Å². The largest absolute Gasteiger partial charge is 0.455 e. The zero-order chi connectivity index (χ0) is 24.7. The van der Waals surface area contributed by atoms with Crippen molar-refractivity contribution in [3.63, 3.8) is 0 Å². The third-order valence-corrected chi connectivity index (χ3v) is 9.13. The van der Waals surface area contributed by atoms with Gasteiger partial charge in [0.25, 0.3) is 5.91 Å². The Labute approximate surface area is 206 Å². The first-order valence-electron chi connectivity index (χ1n) is 12.3. The van der Waals surface area contributed by atoms with E-state index in [0.29, 0.717) is 24.8 Å². The molecule has 4 aliphatic carbocycles. The summed E-state index contributed by atoms with van der Waals surface area (Å²) in [6.07, 6.45) is 6.55. The van der Waals surface area contributed by atoms with E-state index in [4.69, 9.17) is 9.88 Å². The number of amides is 1. The van der Waals surface area contributed by atoms with E-state index >= 15 is 0 Å². The molecule has 4 atom stereocenters. The van der Waals surface area contributed by atoms with E-state index in [1.54, 1.807) is 12.1 Å². The number of esters is 1. The number of nitrogens with two attached hydrogens (primary N) is 1. The van der Waals surface area contributed by atoms with E-state index < -0.39 is 15.4 Å². The highest BCUT2D eigenvalue weighted by Crippen LogP contribution is 2.66. The number of ether oxygens (including phenoxy) is 1. The van der Waals surface area contributed by atoms with Crippen molar-refractivity contribution in [3.8, 4) is 0 Å². The van der Waals surface area contributed by atoms with Gasteiger partial charge >= 0.3 is 5.97 Å². The Balaban J connectivity index is 1.15. The van der Waals surface area contributed by atoms with E-state index in [1.165, 1.54) is 24.1 Å². The van der Waals surface area contributed by atoms with Crippen molar-refractivity contribution >= 4 is 21.9 Å². The van der Waals surface area contributed by atoms with Crippen LogP contribution in [-0.4, -0.2) is 33.4 Å². The third-order valence-electron chi connectivity index (χ3n) is 8.20. The summed E-state index contributed by atoms with van der Waals surface area (Å²) >= 11 is 0. The molecular weight excluding hydrogens is 464 g/mol. The summed E-state index contributed by atoms with van der Waals surface area (Å²) in [6, 6.07) is 16.8. The van der Waals surface area contributed by atoms with Gasteiger partial charge < -0.3 is 10.1 Å². The number of sulfonamides is 1. The number of carbonyl (C=O) groups excluding carboxylic acids is 2. The van der Waals surface area contributed by atoms with Crippen molar-refractivity contribution in [1.82, 2.24) is 5.32 Å². The second-order valence-corrected chi connectivity index (χ2v) is 12.3. The fourth-order valence-corrected chi connectivity index (χ4v) is 7.67. The first kappa shape index (κ1) is 24.0. The number of benzene rings is 2. The van der Waals surface area contributed by atoms with Crippen LogP contribution in [0.3, 0.4) is 0 Å². The molecule has 0 radical (unpaired) electrons. The van der Waals surface area contributed by atoms with Crippen LogP contribution in [0.15, 0.2) is 59.5 Å². The average molecular weight is 497 g/mol. The van der Waals surface area contributed by atoms with Gasteiger partial charge in [-0.3, -0.25) is 9.59 Å². The van der Waals surface area contributed by atoms with E-state index in [-0.39, 0.29) is 28.8 Å². The molecule has 35 heavy (non-hydrogen) atoms. The van der Waals surface area contributed by atoms with Crippen LogP contribution < -0.4 is 10.5 Å². The Kier molecular flexibility index (Phi) is 6.21. The van der Waals surface area contributed by atoms with Gasteiger partial charge in [0.2, 0.25) is 10.0 Å². The lowest BCUT2D eigenvalue weighted by molar-refractivity contribution is -0.175. The number of primary sulfonamides is 1. The number of rotatable bonds is 8. The van der Waals surface area contributed by atoms with Crippen molar-refractivity contribution < 1.29 is 22.7 Å². The minimum Gasteiger partial charge on any atom is -0.455 e. The summed E-state index contributed by atoms with van der Waals surface area (Å²) in [4.78, 5) is 25.7. The van der Waals surface area contributed by atoms with E-state index in [0.717, 1.165) is 37.7 Å². The highest BCUT2D eigenvalue weighted by Gasteiger charge is 2.61. The van der Waals surface area contributed by atoms with Crippen LogP contribution in [0, 0.1) is 17.3 Å². The van der Waals surface area contributed by atoms with Crippen molar-refractivity contribution in [2.75, 3.05) is 13.2 Å². The fourth-order valence-electron chi connectivity index (χ4n) is 7.16. The van der Waals surface area contributed by atoms with Crippen LogP contribution in [0.1, 0.15) is 49.7 Å². The van der Waals surface area contributed by atoms with Crippen LogP contribution in [-0.2, 0) is 36.2 Å². The summed E-state index contributed by atoms with van der Waals surface area (Å²) in [5.41, 5.74) is 1.77. The van der Waals surface area contributed by atoms with Crippen LogP contribution in [0.5, 0.6) is 0 Å². The van der Waals surface area contributed by atoms with E-state index in [2.05, 4.69) is 29.6 Å². The smallest absolute Gasteiger partial charge is 0.312 e. The summed E-state index contributed by atoms with van der Waals surface area (Å²) in [5.74, 6) is 0.527. The Morgan fingerprint density at radius 1 is 0.971 bits per heavy atom. The minimum atomic E-state index is -3.72. The third kappa shape index (κ3) is 4.86. The maximum absolute atomic E-state index is 13.3. The monoisotopic (exact) mass is 496 g/mol. The molecule has 4 saturated carbocycles. The minimum absolute atomic E-state index is 0.0470. The second-order valence-electron chi connectivity index (χ2n) is 10.8. The van der Waals surface area contributed by atoms with Gasteiger partial charge in [-0.15, -0.1) is 0 Å².